The Morgan fingerprint density at radius 2 is 1.61 bits per heavy atom. The Morgan fingerprint density at radius 1 is 0.944 bits per heavy atom. The Labute approximate surface area is 211 Å². The standard InChI is InChI=1S/C27H20ClFN4O3/c1-16(2)23-21(26(35)33(30-23)18-12-10-17(28)11-13-18)22-24(31-14-6-3-7-15-31)27(36)32(25(22)34)20-9-5-4-8-19(20)29/h3-16H,1-2H3. The molecule has 4 aromatic rings. The number of nitrogens with zero attached hydrogens (tertiary/aromatic N) is 4. The normalized spacial score (nSPS) is 13.9. The van der Waals surface area contributed by atoms with Crippen molar-refractivity contribution in [3.8, 4) is 11.6 Å². The predicted molar refractivity (Wildman–Crippen MR) is 131 cm³/mol. The van der Waals surface area contributed by atoms with Crippen LogP contribution in [0.1, 0.15) is 31.0 Å². The second-order valence-corrected chi connectivity index (χ2v) is 8.95. The van der Waals surface area contributed by atoms with Crippen LogP contribution in [0.4, 0.5) is 10.1 Å². The minimum Gasteiger partial charge on any atom is -0.858 e. The van der Waals surface area contributed by atoms with Crippen molar-refractivity contribution >= 4 is 40.4 Å². The van der Waals surface area contributed by atoms with E-state index in [0.717, 1.165) is 4.90 Å². The summed E-state index contributed by atoms with van der Waals surface area (Å²) in [6.45, 7) is 3.67. The van der Waals surface area contributed by atoms with Gasteiger partial charge in [-0.05, 0) is 48.2 Å². The minimum atomic E-state index is -0.800. The molecule has 2 aromatic carbocycles. The van der Waals surface area contributed by atoms with Gasteiger partial charge in [0.2, 0.25) is 0 Å². The van der Waals surface area contributed by atoms with Crippen LogP contribution in [0.5, 0.6) is 5.88 Å². The molecule has 5 rings (SSSR count). The Hall–Kier alpha value is -4.30. The first-order valence-corrected chi connectivity index (χ1v) is 11.6. The summed E-state index contributed by atoms with van der Waals surface area (Å²) in [4.78, 5) is 28.3. The summed E-state index contributed by atoms with van der Waals surface area (Å²) < 4.78 is 17.4. The lowest BCUT2D eigenvalue weighted by Gasteiger charge is -2.16. The van der Waals surface area contributed by atoms with E-state index in [-0.39, 0.29) is 28.4 Å². The summed E-state index contributed by atoms with van der Waals surface area (Å²) in [5, 5.41) is 18.8. The number of amides is 2. The molecule has 3 heterocycles. The fraction of sp³-hybridized carbons (Fsp3) is 0.111. The number of pyridine rings is 1. The molecule has 0 saturated heterocycles. The zero-order valence-corrected chi connectivity index (χ0v) is 20.1. The van der Waals surface area contributed by atoms with Crippen LogP contribution in [0.2, 0.25) is 5.02 Å². The molecular weight excluding hydrogens is 483 g/mol. The van der Waals surface area contributed by atoms with Gasteiger partial charge in [-0.1, -0.05) is 43.6 Å². The Morgan fingerprint density at radius 3 is 2.25 bits per heavy atom. The highest BCUT2D eigenvalue weighted by Crippen LogP contribution is 2.41. The maximum Gasteiger partial charge on any atom is 0.331 e. The van der Waals surface area contributed by atoms with Gasteiger partial charge >= 0.3 is 5.91 Å². The number of halogens is 2. The van der Waals surface area contributed by atoms with Crippen molar-refractivity contribution in [1.29, 1.82) is 0 Å². The van der Waals surface area contributed by atoms with E-state index < -0.39 is 23.5 Å². The molecule has 9 heteroatoms. The van der Waals surface area contributed by atoms with Gasteiger partial charge in [-0.3, -0.25) is 9.59 Å². The number of para-hydroxylation sites is 1. The lowest BCUT2D eigenvalue weighted by atomic mass is 9.98. The van der Waals surface area contributed by atoms with Gasteiger partial charge in [-0.2, -0.15) is 9.67 Å². The van der Waals surface area contributed by atoms with Crippen molar-refractivity contribution in [2.24, 2.45) is 0 Å². The van der Waals surface area contributed by atoms with Crippen LogP contribution in [0.25, 0.3) is 17.0 Å². The molecule has 0 saturated carbocycles. The molecule has 0 aliphatic carbocycles. The van der Waals surface area contributed by atoms with Crippen LogP contribution in [0.15, 0.2) is 79.1 Å². The number of aromatic nitrogens is 3. The summed E-state index contributed by atoms with van der Waals surface area (Å²) in [7, 11) is 0. The smallest absolute Gasteiger partial charge is 0.331 e. The van der Waals surface area contributed by atoms with Crippen molar-refractivity contribution in [3.63, 3.8) is 0 Å². The molecule has 7 nitrogen and oxygen atoms in total. The molecule has 36 heavy (non-hydrogen) atoms. The van der Waals surface area contributed by atoms with E-state index in [9.17, 15) is 19.1 Å². The summed E-state index contributed by atoms with van der Waals surface area (Å²) in [6, 6.07) is 17.2. The lowest BCUT2D eigenvalue weighted by molar-refractivity contribution is -0.576. The number of hydrogen-bond donors (Lipinski definition) is 0. The van der Waals surface area contributed by atoms with Gasteiger partial charge in [0.05, 0.1) is 17.1 Å². The van der Waals surface area contributed by atoms with E-state index in [1.807, 2.05) is 13.8 Å². The first kappa shape index (κ1) is 23.4. The molecule has 0 atom stereocenters. The number of anilines is 1. The lowest BCUT2D eigenvalue weighted by Crippen LogP contribution is -2.39. The number of carbonyl (C=O) groups excluding carboxylic acids is 2. The average Bonchev–Trinajstić information content (AvgIpc) is 3.33. The molecule has 0 bridgehead atoms. The third-order valence-electron chi connectivity index (χ3n) is 5.86. The predicted octanol–water partition coefficient (Wildman–Crippen LogP) is 4.09. The number of carbonyl (C=O) groups is 2. The molecule has 0 spiro atoms. The molecule has 0 fully saturated rings. The zero-order valence-electron chi connectivity index (χ0n) is 19.4. The third-order valence-corrected chi connectivity index (χ3v) is 6.12. The summed E-state index contributed by atoms with van der Waals surface area (Å²) >= 11 is 6.00. The van der Waals surface area contributed by atoms with Crippen LogP contribution < -0.4 is 14.6 Å². The third kappa shape index (κ3) is 3.76. The van der Waals surface area contributed by atoms with Gasteiger partial charge in [0, 0.05) is 22.7 Å². The van der Waals surface area contributed by atoms with Crippen LogP contribution in [-0.4, -0.2) is 21.6 Å². The number of hydrogen-bond acceptors (Lipinski definition) is 4. The molecule has 0 radical (unpaired) electrons. The molecule has 1 aliphatic heterocycles. The maximum atomic E-state index is 14.7. The van der Waals surface area contributed by atoms with Gasteiger partial charge < -0.3 is 5.11 Å². The maximum absolute atomic E-state index is 14.7. The summed E-state index contributed by atoms with van der Waals surface area (Å²) in [5.41, 5.74) is 0.417. The highest BCUT2D eigenvalue weighted by atomic mass is 35.5. The quantitative estimate of drug-likeness (QED) is 0.304. The van der Waals surface area contributed by atoms with Crippen LogP contribution in [0.3, 0.4) is 0 Å². The highest BCUT2D eigenvalue weighted by Gasteiger charge is 2.48. The van der Waals surface area contributed by atoms with Crippen LogP contribution >= 0.6 is 11.6 Å². The van der Waals surface area contributed by atoms with Gasteiger partial charge in [0.15, 0.2) is 12.4 Å². The molecule has 180 valence electrons. The van der Waals surface area contributed by atoms with E-state index in [0.29, 0.717) is 16.4 Å². The van der Waals surface area contributed by atoms with Gasteiger partial charge in [-0.15, -0.1) is 0 Å². The molecular formula is C27H20ClFN4O3. The van der Waals surface area contributed by atoms with E-state index in [4.69, 9.17) is 11.6 Å². The van der Waals surface area contributed by atoms with Gasteiger partial charge in [0.1, 0.15) is 11.4 Å². The minimum absolute atomic E-state index is 0.00323. The number of benzene rings is 2. The SMILES string of the molecule is CC(C)c1nn(-c2ccc(Cl)cc2)c([O-])c1C1=C([n+]2ccccc2)C(=O)N(c2ccccc2F)C1=O. The molecule has 2 aromatic heterocycles. The second kappa shape index (κ2) is 9.05. The van der Waals surface area contributed by atoms with Crippen molar-refractivity contribution < 1.29 is 23.7 Å². The molecule has 1 aliphatic rings. The average molecular weight is 503 g/mol. The monoisotopic (exact) mass is 502 g/mol. The number of imide groups is 1. The fourth-order valence-electron chi connectivity index (χ4n) is 4.20. The van der Waals surface area contributed by atoms with Crippen molar-refractivity contribution in [2.75, 3.05) is 4.90 Å². The topological polar surface area (TPSA) is 82.1 Å². The van der Waals surface area contributed by atoms with E-state index in [1.165, 1.54) is 33.5 Å². The zero-order chi connectivity index (χ0) is 25.6. The van der Waals surface area contributed by atoms with Crippen LogP contribution in [-0.2, 0) is 9.59 Å². The highest BCUT2D eigenvalue weighted by molar-refractivity contribution is 6.53. The Kier molecular flexibility index (Phi) is 5.89. The van der Waals surface area contributed by atoms with E-state index in [1.54, 1.807) is 54.9 Å². The van der Waals surface area contributed by atoms with E-state index >= 15 is 0 Å². The molecule has 2 amide bonds. The van der Waals surface area contributed by atoms with Crippen molar-refractivity contribution in [1.82, 2.24) is 9.78 Å². The second-order valence-electron chi connectivity index (χ2n) is 8.51. The van der Waals surface area contributed by atoms with Gasteiger partial charge in [-0.25, -0.2) is 14.0 Å². The fourth-order valence-corrected chi connectivity index (χ4v) is 4.32. The Balaban J connectivity index is 1.79. The summed E-state index contributed by atoms with van der Waals surface area (Å²) in [5.74, 6) is -3.11. The first-order valence-electron chi connectivity index (χ1n) is 11.2. The van der Waals surface area contributed by atoms with Crippen LogP contribution in [0, 0.1) is 5.82 Å². The largest absolute Gasteiger partial charge is 0.858 e. The summed E-state index contributed by atoms with van der Waals surface area (Å²) in [6.07, 6.45) is 3.18. The van der Waals surface area contributed by atoms with Crippen molar-refractivity contribution in [3.05, 3.63) is 101 Å². The molecule has 0 N–H and O–H groups in total. The van der Waals surface area contributed by atoms with Crippen molar-refractivity contribution in [2.45, 2.75) is 19.8 Å². The Bertz CT molecular complexity index is 1530. The van der Waals surface area contributed by atoms with Gasteiger partial charge in [0.25, 0.3) is 11.6 Å². The molecule has 0 unspecified atom stereocenters. The first-order chi connectivity index (χ1) is 17.3. The van der Waals surface area contributed by atoms with E-state index in [2.05, 4.69) is 5.10 Å². The number of rotatable bonds is 5.